The van der Waals surface area contributed by atoms with E-state index in [0.717, 1.165) is 22.3 Å². The number of benzene rings is 2. The summed E-state index contributed by atoms with van der Waals surface area (Å²) >= 11 is 1.42. The molecule has 0 N–H and O–H groups in total. The molecule has 0 saturated heterocycles. The Morgan fingerprint density at radius 1 is 1.24 bits per heavy atom. The molecule has 0 unspecified atom stereocenters. The molecule has 124 valence electrons. The fourth-order valence-corrected chi connectivity index (χ4v) is 3.87. The van der Waals surface area contributed by atoms with Crippen molar-refractivity contribution in [1.29, 1.82) is 0 Å². The van der Waals surface area contributed by atoms with Crippen LogP contribution in [0.3, 0.4) is 0 Å². The van der Waals surface area contributed by atoms with Crippen LogP contribution < -0.4 is 5.56 Å². The average Bonchev–Trinajstić information content (AvgIpc) is 2.99. The molecule has 0 fully saturated rings. The van der Waals surface area contributed by atoms with Gasteiger partial charge in [-0.25, -0.2) is 0 Å². The summed E-state index contributed by atoms with van der Waals surface area (Å²) in [4.78, 5) is 27.5. The Bertz CT molecular complexity index is 1190. The quantitative estimate of drug-likeness (QED) is 0.416. The Balaban J connectivity index is 1.87. The van der Waals surface area contributed by atoms with Crippen molar-refractivity contribution in [3.05, 3.63) is 85.1 Å². The normalized spacial score (nSPS) is 11.2. The summed E-state index contributed by atoms with van der Waals surface area (Å²) in [5, 5.41) is 13.5. The molecule has 2 aromatic carbocycles. The zero-order valence-corrected chi connectivity index (χ0v) is 14.1. The van der Waals surface area contributed by atoms with E-state index in [2.05, 4.69) is 4.98 Å². The minimum atomic E-state index is -0.390. The number of fused-ring (bicyclic) bond motifs is 3. The zero-order valence-electron chi connectivity index (χ0n) is 13.3. The topological polar surface area (TPSA) is 77.5 Å². The van der Waals surface area contributed by atoms with Crippen LogP contribution in [-0.2, 0) is 6.42 Å². The van der Waals surface area contributed by atoms with Gasteiger partial charge in [0.15, 0.2) is 4.96 Å². The van der Waals surface area contributed by atoms with E-state index < -0.39 is 4.92 Å². The number of thiazole rings is 1. The van der Waals surface area contributed by atoms with E-state index in [0.29, 0.717) is 16.8 Å². The summed E-state index contributed by atoms with van der Waals surface area (Å²) in [6.07, 6.45) is 0.609. The van der Waals surface area contributed by atoms with Crippen LogP contribution in [-0.4, -0.2) is 14.3 Å². The lowest BCUT2D eigenvalue weighted by atomic mass is 10.0. The van der Waals surface area contributed by atoms with Gasteiger partial charge in [0.05, 0.1) is 15.8 Å². The van der Waals surface area contributed by atoms with Crippen molar-refractivity contribution in [2.75, 3.05) is 0 Å². The van der Waals surface area contributed by atoms with Gasteiger partial charge in [-0.1, -0.05) is 18.2 Å². The highest BCUT2D eigenvalue weighted by molar-refractivity contribution is 7.15. The van der Waals surface area contributed by atoms with Gasteiger partial charge in [-0.15, -0.1) is 11.3 Å². The highest BCUT2D eigenvalue weighted by Gasteiger charge is 2.13. The standard InChI is InChI=1S/C18H13N3O3S/c1-11-8-13(21(23)24)7-6-12(11)9-14-10-25-18-19-17(22)15-4-2-3-5-16(15)20(14)18/h2-8,10H,9H2,1H3. The Morgan fingerprint density at radius 3 is 2.80 bits per heavy atom. The number of nitro groups is 1. The minimum absolute atomic E-state index is 0.0900. The number of non-ortho nitro benzene ring substituents is 1. The molecule has 7 heteroatoms. The van der Waals surface area contributed by atoms with Gasteiger partial charge in [0, 0.05) is 29.6 Å². The monoisotopic (exact) mass is 351 g/mol. The molecule has 0 amide bonds. The van der Waals surface area contributed by atoms with Gasteiger partial charge >= 0.3 is 0 Å². The molecule has 0 bridgehead atoms. The number of aryl methyl sites for hydroxylation is 1. The van der Waals surface area contributed by atoms with Gasteiger partial charge < -0.3 is 0 Å². The summed E-state index contributed by atoms with van der Waals surface area (Å²) in [7, 11) is 0. The molecule has 6 nitrogen and oxygen atoms in total. The zero-order chi connectivity index (χ0) is 17.6. The second kappa shape index (κ2) is 5.78. The lowest BCUT2D eigenvalue weighted by molar-refractivity contribution is -0.384. The predicted octanol–water partition coefficient (Wildman–Crippen LogP) is 3.72. The minimum Gasteiger partial charge on any atom is -0.288 e. The molecule has 0 saturated carbocycles. The fourth-order valence-electron chi connectivity index (χ4n) is 2.99. The molecule has 0 aliphatic rings. The summed E-state index contributed by atoms with van der Waals surface area (Å²) in [6, 6.07) is 12.3. The van der Waals surface area contributed by atoms with Crippen molar-refractivity contribution in [1.82, 2.24) is 9.38 Å². The van der Waals surface area contributed by atoms with Crippen molar-refractivity contribution in [2.24, 2.45) is 0 Å². The Labute approximate surface area is 146 Å². The maximum absolute atomic E-state index is 12.1. The second-order valence-corrected chi connectivity index (χ2v) is 6.66. The van der Waals surface area contributed by atoms with E-state index in [9.17, 15) is 14.9 Å². The number of rotatable bonds is 3. The van der Waals surface area contributed by atoms with E-state index in [1.165, 1.54) is 17.4 Å². The van der Waals surface area contributed by atoms with Crippen LogP contribution in [0.15, 0.2) is 52.6 Å². The molecular weight excluding hydrogens is 338 g/mol. The van der Waals surface area contributed by atoms with E-state index in [1.807, 2.05) is 34.9 Å². The third-order valence-electron chi connectivity index (χ3n) is 4.26. The predicted molar refractivity (Wildman–Crippen MR) is 97.5 cm³/mol. The van der Waals surface area contributed by atoms with E-state index >= 15 is 0 Å². The van der Waals surface area contributed by atoms with Crippen LogP contribution in [0.1, 0.15) is 16.8 Å². The fraction of sp³-hybridized carbons (Fsp3) is 0.111. The molecule has 0 aliphatic heterocycles. The lowest BCUT2D eigenvalue weighted by Gasteiger charge is -2.08. The van der Waals surface area contributed by atoms with Crippen molar-refractivity contribution in [3.63, 3.8) is 0 Å². The summed E-state index contributed by atoms with van der Waals surface area (Å²) in [6.45, 7) is 1.87. The SMILES string of the molecule is Cc1cc([N+](=O)[O-])ccc1Cc1csc2nc(=O)c3ccccc3n12. The Kier molecular flexibility index (Phi) is 3.58. The molecule has 2 aromatic heterocycles. The van der Waals surface area contributed by atoms with Gasteiger partial charge in [0.2, 0.25) is 0 Å². The molecule has 4 aromatic rings. The van der Waals surface area contributed by atoms with Crippen molar-refractivity contribution < 1.29 is 4.92 Å². The van der Waals surface area contributed by atoms with Gasteiger partial charge in [-0.2, -0.15) is 4.98 Å². The molecule has 0 spiro atoms. The molecule has 0 radical (unpaired) electrons. The third-order valence-corrected chi connectivity index (χ3v) is 5.13. The van der Waals surface area contributed by atoms with Crippen LogP contribution in [0, 0.1) is 17.0 Å². The largest absolute Gasteiger partial charge is 0.288 e. The maximum Gasteiger partial charge on any atom is 0.281 e. The molecule has 0 atom stereocenters. The number of aromatic nitrogens is 2. The van der Waals surface area contributed by atoms with Crippen molar-refractivity contribution in [2.45, 2.75) is 13.3 Å². The first-order chi connectivity index (χ1) is 12.0. The molecule has 2 heterocycles. The van der Waals surface area contributed by atoms with E-state index in [4.69, 9.17) is 0 Å². The highest BCUT2D eigenvalue weighted by atomic mass is 32.1. The summed E-state index contributed by atoms with van der Waals surface area (Å²) in [5.41, 5.74) is 3.57. The van der Waals surface area contributed by atoms with Crippen LogP contribution in [0.25, 0.3) is 15.9 Å². The number of hydrogen-bond acceptors (Lipinski definition) is 5. The first-order valence-corrected chi connectivity index (χ1v) is 8.54. The number of para-hydroxylation sites is 1. The van der Waals surface area contributed by atoms with Crippen LogP contribution >= 0.6 is 11.3 Å². The Hall–Kier alpha value is -3.06. The van der Waals surface area contributed by atoms with Crippen LogP contribution in [0.2, 0.25) is 0 Å². The lowest BCUT2D eigenvalue weighted by Crippen LogP contribution is -2.10. The number of hydrogen-bond donors (Lipinski definition) is 0. The average molecular weight is 351 g/mol. The van der Waals surface area contributed by atoms with Crippen LogP contribution in [0.5, 0.6) is 0 Å². The van der Waals surface area contributed by atoms with Gasteiger partial charge in [-0.05, 0) is 30.2 Å². The first-order valence-electron chi connectivity index (χ1n) is 7.66. The highest BCUT2D eigenvalue weighted by Crippen LogP contribution is 2.24. The van der Waals surface area contributed by atoms with E-state index in [-0.39, 0.29) is 11.2 Å². The molecular formula is C18H13N3O3S. The van der Waals surface area contributed by atoms with Crippen molar-refractivity contribution in [3.8, 4) is 0 Å². The molecule has 25 heavy (non-hydrogen) atoms. The maximum atomic E-state index is 12.1. The van der Waals surface area contributed by atoms with Crippen LogP contribution in [0.4, 0.5) is 5.69 Å². The first kappa shape index (κ1) is 15.5. The summed E-state index contributed by atoms with van der Waals surface area (Å²) in [5.74, 6) is 0. The van der Waals surface area contributed by atoms with Gasteiger partial charge in [-0.3, -0.25) is 19.3 Å². The molecule has 0 aliphatic carbocycles. The Morgan fingerprint density at radius 2 is 2.04 bits per heavy atom. The van der Waals surface area contributed by atoms with E-state index in [1.54, 1.807) is 18.2 Å². The smallest absolute Gasteiger partial charge is 0.281 e. The summed E-state index contributed by atoms with van der Waals surface area (Å²) < 4.78 is 1.99. The van der Waals surface area contributed by atoms with Gasteiger partial charge in [0.1, 0.15) is 0 Å². The van der Waals surface area contributed by atoms with Gasteiger partial charge in [0.25, 0.3) is 11.2 Å². The third kappa shape index (κ3) is 2.58. The second-order valence-electron chi connectivity index (χ2n) is 5.82. The number of nitro benzene ring substituents is 1. The van der Waals surface area contributed by atoms with Crippen molar-refractivity contribution >= 4 is 32.9 Å². The number of nitrogens with zero attached hydrogens (tertiary/aromatic N) is 3. The molecule has 4 rings (SSSR count).